The number of carbonyl (C=O) groups excluding carboxylic acids is 1. The number of aliphatic hydroxyl groups excluding tert-OH is 1. The number of alkyl halides is 1. The minimum atomic E-state index is -0.931. The van der Waals surface area contributed by atoms with Crippen LogP contribution in [0.3, 0.4) is 0 Å². The monoisotopic (exact) mass is 221 g/mol. The molecular formula is C5H8BrN3O2. The van der Waals surface area contributed by atoms with Gasteiger partial charge in [0.1, 0.15) is 16.9 Å². The second-order valence-electron chi connectivity index (χ2n) is 2.25. The number of amidine groups is 1. The molecule has 0 aromatic heterocycles. The summed E-state index contributed by atoms with van der Waals surface area (Å²) in [6.45, 7) is 0. The Balaban J connectivity index is 2.92. The summed E-state index contributed by atoms with van der Waals surface area (Å²) in [6.07, 6.45) is -0.931. The van der Waals surface area contributed by atoms with Crippen molar-refractivity contribution < 1.29 is 9.90 Å². The molecule has 0 aromatic carbocycles. The fraction of sp³-hybridized carbons (Fsp3) is 0.600. The average molecular weight is 222 g/mol. The molecule has 1 heterocycles. The van der Waals surface area contributed by atoms with Crippen molar-refractivity contribution in [2.24, 2.45) is 10.7 Å². The SMILES string of the molecule is CN1C(=O)N=C(N)C(Br)C1O. The minimum absolute atomic E-state index is 0.112. The Morgan fingerprint density at radius 1 is 1.82 bits per heavy atom. The molecule has 0 spiro atoms. The number of hydrogen-bond acceptors (Lipinski definition) is 3. The quantitative estimate of drug-likeness (QED) is 0.542. The molecule has 6 heteroatoms. The summed E-state index contributed by atoms with van der Waals surface area (Å²) >= 11 is 3.09. The molecule has 2 amide bonds. The van der Waals surface area contributed by atoms with Gasteiger partial charge in [-0.05, 0) is 0 Å². The van der Waals surface area contributed by atoms with Gasteiger partial charge in [-0.25, -0.2) is 4.79 Å². The zero-order valence-corrected chi connectivity index (χ0v) is 7.45. The highest BCUT2D eigenvalue weighted by Gasteiger charge is 2.31. The maximum atomic E-state index is 10.8. The molecule has 2 atom stereocenters. The molecule has 0 saturated carbocycles. The first kappa shape index (κ1) is 8.48. The van der Waals surface area contributed by atoms with E-state index in [4.69, 9.17) is 5.73 Å². The van der Waals surface area contributed by atoms with Crippen molar-refractivity contribution in [2.45, 2.75) is 11.1 Å². The molecular weight excluding hydrogens is 214 g/mol. The number of urea groups is 1. The van der Waals surface area contributed by atoms with E-state index in [1.165, 1.54) is 7.05 Å². The summed E-state index contributed by atoms with van der Waals surface area (Å²) in [7, 11) is 1.46. The molecule has 0 aliphatic carbocycles. The lowest BCUT2D eigenvalue weighted by molar-refractivity contribution is 0.0569. The maximum Gasteiger partial charge on any atom is 0.347 e. The molecule has 1 aliphatic rings. The number of carbonyl (C=O) groups is 1. The van der Waals surface area contributed by atoms with E-state index in [1.807, 2.05) is 0 Å². The van der Waals surface area contributed by atoms with Gasteiger partial charge in [0.2, 0.25) is 0 Å². The van der Waals surface area contributed by atoms with Crippen LogP contribution < -0.4 is 5.73 Å². The van der Waals surface area contributed by atoms with Crippen molar-refractivity contribution in [1.29, 1.82) is 0 Å². The summed E-state index contributed by atoms with van der Waals surface area (Å²) in [4.78, 5) is 14.9. The first-order valence-corrected chi connectivity index (χ1v) is 3.88. The van der Waals surface area contributed by atoms with Crippen LogP contribution in [0.15, 0.2) is 4.99 Å². The number of rotatable bonds is 0. The van der Waals surface area contributed by atoms with Crippen LogP contribution in [-0.4, -0.2) is 40.0 Å². The molecule has 3 N–H and O–H groups in total. The highest BCUT2D eigenvalue weighted by molar-refractivity contribution is 9.10. The van der Waals surface area contributed by atoms with Gasteiger partial charge in [-0.2, -0.15) is 4.99 Å². The first-order valence-electron chi connectivity index (χ1n) is 2.97. The molecule has 0 bridgehead atoms. The molecule has 5 nitrogen and oxygen atoms in total. The summed E-state index contributed by atoms with van der Waals surface area (Å²) in [5.74, 6) is 0.112. The highest BCUT2D eigenvalue weighted by atomic mass is 79.9. The molecule has 11 heavy (non-hydrogen) atoms. The molecule has 0 fully saturated rings. The number of amides is 2. The number of aliphatic imine (C=N–C) groups is 1. The van der Waals surface area contributed by atoms with Crippen molar-refractivity contribution >= 4 is 27.8 Å². The molecule has 1 aliphatic heterocycles. The second-order valence-corrected chi connectivity index (χ2v) is 3.23. The summed E-state index contributed by atoms with van der Waals surface area (Å²) < 4.78 is 0. The fourth-order valence-electron chi connectivity index (χ4n) is 0.713. The van der Waals surface area contributed by atoms with E-state index < -0.39 is 17.1 Å². The van der Waals surface area contributed by atoms with Crippen molar-refractivity contribution in [1.82, 2.24) is 4.90 Å². The Hall–Kier alpha value is -0.620. The molecule has 2 unspecified atom stereocenters. The summed E-state index contributed by atoms with van der Waals surface area (Å²) in [6, 6.07) is -0.522. The highest BCUT2D eigenvalue weighted by Crippen LogP contribution is 2.14. The largest absolute Gasteiger partial charge is 0.386 e. The number of nitrogens with zero attached hydrogens (tertiary/aromatic N) is 2. The van der Waals surface area contributed by atoms with E-state index in [1.54, 1.807) is 0 Å². The van der Waals surface area contributed by atoms with E-state index in [2.05, 4.69) is 20.9 Å². The normalized spacial score (nSPS) is 32.1. The minimum Gasteiger partial charge on any atom is -0.386 e. The van der Waals surface area contributed by atoms with E-state index in [9.17, 15) is 9.90 Å². The van der Waals surface area contributed by atoms with Gasteiger partial charge in [0.25, 0.3) is 0 Å². The lowest BCUT2D eigenvalue weighted by Gasteiger charge is -2.29. The van der Waals surface area contributed by atoms with Crippen LogP contribution in [0.4, 0.5) is 4.79 Å². The maximum absolute atomic E-state index is 10.8. The van der Waals surface area contributed by atoms with Gasteiger partial charge in [0.05, 0.1) is 0 Å². The zero-order valence-electron chi connectivity index (χ0n) is 5.86. The van der Waals surface area contributed by atoms with Crippen molar-refractivity contribution in [3.8, 4) is 0 Å². The summed E-state index contributed by atoms with van der Waals surface area (Å²) in [5.41, 5.74) is 5.32. The number of nitrogens with two attached hydrogens (primary N) is 1. The third-order valence-electron chi connectivity index (χ3n) is 1.47. The van der Waals surface area contributed by atoms with E-state index in [0.717, 1.165) is 4.90 Å². The summed E-state index contributed by atoms with van der Waals surface area (Å²) in [5, 5.41) is 9.28. The third-order valence-corrected chi connectivity index (χ3v) is 2.41. The Morgan fingerprint density at radius 2 is 2.36 bits per heavy atom. The number of halogens is 1. The van der Waals surface area contributed by atoms with Gasteiger partial charge < -0.3 is 10.8 Å². The second kappa shape index (κ2) is 2.78. The van der Waals surface area contributed by atoms with Gasteiger partial charge in [0.15, 0.2) is 0 Å². The number of hydrogen-bond donors (Lipinski definition) is 2. The molecule has 0 aromatic rings. The van der Waals surface area contributed by atoms with Crippen LogP contribution in [0.1, 0.15) is 0 Å². The fourth-order valence-corrected chi connectivity index (χ4v) is 1.17. The Bertz CT molecular complexity index is 218. The Morgan fingerprint density at radius 3 is 2.91 bits per heavy atom. The third kappa shape index (κ3) is 1.36. The van der Waals surface area contributed by atoms with E-state index in [-0.39, 0.29) is 5.84 Å². The van der Waals surface area contributed by atoms with E-state index >= 15 is 0 Å². The average Bonchev–Trinajstić information content (AvgIpc) is 1.97. The lowest BCUT2D eigenvalue weighted by Crippen LogP contribution is -2.51. The first-order chi connectivity index (χ1) is 5.04. The van der Waals surface area contributed by atoms with Crippen molar-refractivity contribution in [3.63, 3.8) is 0 Å². The van der Waals surface area contributed by atoms with Crippen LogP contribution in [-0.2, 0) is 0 Å². The smallest absolute Gasteiger partial charge is 0.347 e. The van der Waals surface area contributed by atoms with E-state index in [0.29, 0.717) is 0 Å². The number of aliphatic hydroxyl groups is 1. The standard InChI is InChI=1S/C5H8BrN3O2/c1-9-4(10)2(6)3(7)8-5(9)11/h2,4,10H,1H3,(H2,7,8,11). The lowest BCUT2D eigenvalue weighted by atomic mass is 10.3. The van der Waals surface area contributed by atoms with Gasteiger partial charge >= 0.3 is 6.03 Å². The molecule has 0 saturated heterocycles. The van der Waals surface area contributed by atoms with Crippen LogP contribution >= 0.6 is 15.9 Å². The van der Waals surface area contributed by atoms with Crippen molar-refractivity contribution in [3.05, 3.63) is 0 Å². The predicted molar refractivity (Wildman–Crippen MR) is 43.5 cm³/mol. The zero-order chi connectivity index (χ0) is 8.59. The predicted octanol–water partition coefficient (Wildman–Crippen LogP) is -0.509. The van der Waals surface area contributed by atoms with Gasteiger partial charge in [-0.15, -0.1) is 0 Å². The van der Waals surface area contributed by atoms with Gasteiger partial charge in [-0.1, -0.05) is 15.9 Å². The molecule has 0 radical (unpaired) electrons. The van der Waals surface area contributed by atoms with Gasteiger partial charge in [-0.3, -0.25) is 4.90 Å². The van der Waals surface area contributed by atoms with Crippen molar-refractivity contribution in [2.75, 3.05) is 7.05 Å². The van der Waals surface area contributed by atoms with Crippen LogP contribution in [0.5, 0.6) is 0 Å². The Kier molecular flexibility index (Phi) is 2.15. The van der Waals surface area contributed by atoms with Crippen LogP contribution in [0, 0.1) is 0 Å². The topological polar surface area (TPSA) is 78.9 Å². The molecule has 62 valence electrons. The van der Waals surface area contributed by atoms with Gasteiger partial charge in [0, 0.05) is 7.05 Å². The Labute approximate surface area is 72.0 Å². The van der Waals surface area contributed by atoms with Crippen LogP contribution in [0.2, 0.25) is 0 Å². The van der Waals surface area contributed by atoms with Crippen LogP contribution in [0.25, 0.3) is 0 Å². The molecule has 1 rings (SSSR count).